The first kappa shape index (κ1) is 23.6. The van der Waals surface area contributed by atoms with Crippen molar-refractivity contribution in [3.05, 3.63) is 47.4 Å². The highest BCUT2D eigenvalue weighted by molar-refractivity contribution is 6.06. The van der Waals surface area contributed by atoms with Crippen LogP contribution >= 0.6 is 0 Å². The van der Waals surface area contributed by atoms with Gasteiger partial charge in [0.15, 0.2) is 0 Å². The monoisotopic (exact) mass is 477 g/mol. The van der Waals surface area contributed by atoms with E-state index in [4.69, 9.17) is 4.74 Å². The number of hydrogen-bond acceptors (Lipinski definition) is 5. The van der Waals surface area contributed by atoms with Crippen molar-refractivity contribution in [1.82, 2.24) is 24.5 Å². The van der Waals surface area contributed by atoms with Crippen LogP contribution in [0.2, 0.25) is 0 Å². The maximum Gasteiger partial charge on any atom is 0.435 e. The molecule has 186 valence electrons. The van der Waals surface area contributed by atoms with Crippen LogP contribution in [0.4, 0.5) is 4.79 Å². The lowest BCUT2D eigenvalue weighted by atomic mass is 9.91. The van der Waals surface area contributed by atoms with Crippen molar-refractivity contribution in [2.75, 3.05) is 0 Å². The molecule has 1 atom stereocenters. The van der Waals surface area contributed by atoms with E-state index >= 15 is 0 Å². The number of fused-ring (bicyclic) bond motifs is 2. The van der Waals surface area contributed by atoms with Crippen molar-refractivity contribution in [2.24, 2.45) is 5.92 Å². The fraction of sp³-hybridized carbons (Fsp3) is 0.556. The number of aromatic nitrogens is 4. The summed E-state index contributed by atoms with van der Waals surface area (Å²) in [6.07, 6.45) is 7.49. The molecule has 0 bridgehead atoms. The predicted octanol–water partition coefficient (Wildman–Crippen LogP) is 4.83. The molecule has 0 radical (unpaired) electrons. The number of aryl methyl sites for hydroxylation is 1. The van der Waals surface area contributed by atoms with Crippen LogP contribution in [0.15, 0.2) is 30.6 Å². The molecule has 2 heterocycles. The summed E-state index contributed by atoms with van der Waals surface area (Å²) in [5.41, 5.74) is 3.09. The minimum Gasteiger partial charge on any atom is -0.442 e. The van der Waals surface area contributed by atoms with Gasteiger partial charge in [0.05, 0.1) is 23.0 Å². The van der Waals surface area contributed by atoms with Crippen molar-refractivity contribution in [3.63, 3.8) is 0 Å². The van der Waals surface area contributed by atoms with E-state index in [9.17, 15) is 9.59 Å². The molecule has 1 unspecified atom stereocenters. The van der Waals surface area contributed by atoms with Crippen LogP contribution in [-0.2, 0) is 24.1 Å². The third-order valence-electron chi connectivity index (χ3n) is 6.65. The Morgan fingerprint density at radius 3 is 2.63 bits per heavy atom. The van der Waals surface area contributed by atoms with Crippen molar-refractivity contribution >= 4 is 22.9 Å². The van der Waals surface area contributed by atoms with Gasteiger partial charge in [0, 0.05) is 30.2 Å². The highest BCUT2D eigenvalue weighted by Crippen LogP contribution is 2.36. The van der Waals surface area contributed by atoms with Crippen LogP contribution in [0.1, 0.15) is 75.5 Å². The minimum absolute atomic E-state index is 0.0789. The number of benzene rings is 1. The first-order chi connectivity index (χ1) is 16.6. The Bertz CT molecular complexity index is 1260. The van der Waals surface area contributed by atoms with E-state index in [2.05, 4.69) is 28.9 Å². The van der Waals surface area contributed by atoms with E-state index in [0.717, 1.165) is 60.0 Å². The topological polar surface area (TPSA) is 82.3 Å². The zero-order valence-corrected chi connectivity index (χ0v) is 21.3. The Balaban J connectivity index is 1.40. The molecule has 1 aromatic carbocycles. The number of carbonyl (C=O) groups is 2. The quantitative estimate of drug-likeness (QED) is 0.525. The van der Waals surface area contributed by atoms with E-state index in [1.54, 1.807) is 6.20 Å². The smallest absolute Gasteiger partial charge is 0.435 e. The number of carbonyl (C=O) groups excluding carboxylic acids is 2. The molecule has 2 aromatic heterocycles. The molecule has 0 saturated heterocycles. The molecule has 8 heteroatoms. The Morgan fingerprint density at radius 1 is 1.17 bits per heavy atom. The van der Waals surface area contributed by atoms with E-state index in [1.165, 1.54) is 4.68 Å². The molecule has 0 spiro atoms. The molecule has 1 saturated carbocycles. The highest BCUT2D eigenvalue weighted by atomic mass is 16.6. The summed E-state index contributed by atoms with van der Waals surface area (Å²) in [6, 6.07) is 6.29. The lowest BCUT2D eigenvalue weighted by Gasteiger charge is -2.34. The van der Waals surface area contributed by atoms with E-state index in [1.807, 2.05) is 49.8 Å². The van der Waals surface area contributed by atoms with Crippen molar-refractivity contribution in [2.45, 2.75) is 91.0 Å². The number of rotatable bonds is 5. The Kier molecular flexibility index (Phi) is 5.93. The van der Waals surface area contributed by atoms with Crippen molar-refractivity contribution < 1.29 is 14.3 Å². The third-order valence-corrected chi connectivity index (χ3v) is 6.65. The van der Waals surface area contributed by atoms with Gasteiger partial charge in [0.1, 0.15) is 5.60 Å². The summed E-state index contributed by atoms with van der Waals surface area (Å²) in [5, 5.41) is 9.98. The summed E-state index contributed by atoms with van der Waals surface area (Å²) in [6.45, 7) is 10.7. The van der Waals surface area contributed by atoms with E-state index < -0.39 is 11.7 Å². The van der Waals surface area contributed by atoms with Gasteiger partial charge in [-0.25, -0.2) is 4.79 Å². The summed E-state index contributed by atoms with van der Waals surface area (Å²) in [4.78, 5) is 28.6. The molecule has 35 heavy (non-hydrogen) atoms. The Morgan fingerprint density at radius 2 is 1.94 bits per heavy atom. The lowest BCUT2D eigenvalue weighted by Crippen LogP contribution is -2.44. The summed E-state index contributed by atoms with van der Waals surface area (Å²) < 4.78 is 8.78. The van der Waals surface area contributed by atoms with Crippen LogP contribution < -0.4 is 0 Å². The summed E-state index contributed by atoms with van der Waals surface area (Å²) in [5.74, 6) is 0.550. The first-order valence-electron chi connectivity index (χ1n) is 12.7. The fourth-order valence-electron chi connectivity index (χ4n) is 5.03. The van der Waals surface area contributed by atoms with Crippen LogP contribution in [0.3, 0.4) is 0 Å². The summed E-state index contributed by atoms with van der Waals surface area (Å²) >= 11 is 0. The van der Waals surface area contributed by atoms with Crippen LogP contribution in [0.5, 0.6) is 0 Å². The minimum atomic E-state index is -0.578. The fourth-order valence-corrected chi connectivity index (χ4v) is 5.03. The SMILES string of the molecule is CC(C)Cn1ncc2c(C(=O)N(C3CC3)C3CCc4nn(C(=O)OC(C)(C)C)cc4C3)cccc21. The molecule has 0 N–H and O–H groups in total. The normalized spacial score (nSPS) is 18.1. The molecule has 2 aliphatic rings. The van der Waals surface area contributed by atoms with Gasteiger partial charge in [-0.15, -0.1) is 0 Å². The molecular formula is C27H35N5O3. The second kappa shape index (κ2) is 8.81. The molecule has 3 aromatic rings. The van der Waals surface area contributed by atoms with Crippen LogP contribution in [0, 0.1) is 5.92 Å². The van der Waals surface area contributed by atoms with Gasteiger partial charge < -0.3 is 9.64 Å². The number of nitrogens with zero attached hydrogens (tertiary/aromatic N) is 5. The predicted molar refractivity (Wildman–Crippen MR) is 133 cm³/mol. The maximum absolute atomic E-state index is 13.9. The Labute approximate surface area is 206 Å². The number of hydrogen-bond donors (Lipinski definition) is 0. The van der Waals surface area contributed by atoms with Gasteiger partial charge in [0.25, 0.3) is 5.91 Å². The van der Waals surface area contributed by atoms with E-state index in [0.29, 0.717) is 12.3 Å². The Hall–Kier alpha value is -3.16. The zero-order valence-electron chi connectivity index (χ0n) is 21.3. The second-order valence-corrected chi connectivity index (χ2v) is 11.3. The molecule has 1 amide bonds. The van der Waals surface area contributed by atoms with Gasteiger partial charge in [-0.1, -0.05) is 19.9 Å². The zero-order chi connectivity index (χ0) is 24.9. The van der Waals surface area contributed by atoms with Crippen LogP contribution in [-0.4, -0.2) is 54.1 Å². The van der Waals surface area contributed by atoms with Gasteiger partial charge in [-0.05, 0) is 76.5 Å². The van der Waals surface area contributed by atoms with E-state index in [-0.39, 0.29) is 18.0 Å². The van der Waals surface area contributed by atoms with Gasteiger partial charge >= 0.3 is 6.09 Å². The van der Waals surface area contributed by atoms with Crippen molar-refractivity contribution in [3.8, 4) is 0 Å². The number of amides is 1. The standard InChI is InChI=1S/C27H35N5O3/c1-17(2)15-30-24-8-6-7-21(22(24)14-28-30)25(33)32(19-9-10-19)20-11-12-23-18(13-20)16-31(29-23)26(34)35-27(3,4)5/h6-8,14,16-17,19-20H,9-13,15H2,1-5H3. The molecule has 1 fully saturated rings. The van der Waals surface area contributed by atoms with Gasteiger partial charge in [-0.2, -0.15) is 14.9 Å². The second-order valence-electron chi connectivity index (χ2n) is 11.3. The largest absolute Gasteiger partial charge is 0.442 e. The molecule has 5 rings (SSSR count). The molecular weight excluding hydrogens is 442 g/mol. The molecule has 2 aliphatic carbocycles. The average Bonchev–Trinajstić information content (AvgIpc) is 3.38. The maximum atomic E-state index is 13.9. The first-order valence-corrected chi connectivity index (χ1v) is 12.7. The van der Waals surface area contributed by atoms with Crippen LogP contribution in [0.25, 0.3) is 10.9 Å². The summed E-state index contributed by atoms with van der Waals surface area (Å²) in [7, 11) is 0. The van der Waals surface area contributed by atoms with Crippen molar-refractivity contribution in [1.29, 1.82) is 0 Å². The van der Waals surface area contributed by atoms with Gasteiger partial charge in [0.2, 0.25) is 0 Å². The number of ether oxygens (including phenoxy) is 1. The molecule has 8 nitrogen and oxygen atoms in total. The third kappa shape index (κ3) is 4.83. The average molecular weight is 478 g/mol. The molecule has 0 aliphatic heterocycles. The highest BCUT2D eigenvalue weighted by Gasteiger charge is 2.40. The van der Waals surface area contributed by atoms with Gasteiger partial charge in [-0.3, -0.25) is 9.48 Å². The lowest BCUT2D eigenvalue weighted by molar-refractivity contribution is 0.0513.